The number of hydrogen-bond acceptors (Lipinski definition) is 2. The van der Waals surface area contributed by atoms with Crippen LogP contribution >= 0.6 is 0 Å². The quantitative estimate of drug-likeness (QED) is 0.225. The molecule has 3 nitrogen and oxygen atoms in total. The van der Waals surface area contributed by atoms with E-state index in [1.807, 2.05) is 0 Å². The number of fused-ring (bicyclic) bond motifs is 1. The maximum atomic E-state index is 6.09. The van der Waals surface area contributed by atoms with Crippen LogP contribution < -0.4 is 0 Å². The van der Waals surface area contributed by atoms with Gasteiger partial charge in [-0.1, -0.05) is 86.4 Å². The van der Waals surface area contributed by atoms with E-state index in [0.717, 1.165) is 24.5 Å². The molecule has 0 bridgehead atoms. The Kier molecular flexibility index (Phi) is 6.40. The molecule has 0 radical (unpaired) electrons. The molecule has 31 heavy (non-hydrogen) atoms. The second kappa shape index (κ2) is 9.21. The van der Waals surface area contributed by atoms with Gasteiger partial charge in [-0.05, 0) is 35.7 Å². The average Bonchev–Trinajstić information content (AvgIpc) is 3.07. The van der Waals surface area contributed by atoms with Gasteiger partial charge in [-0.3, -0.25) is 0 Å². The van der Waals surface area contributed by atoms with E-state index in [2.05, 4.69) is 104 Å². The smallest absolute Gasteiger partial charge is 0.107 e. The summed E-state index contributed by atoms with van der Waals surface area (Å²) in [5.41, 5.74) is 7.13. The molecule has 160 valence electrons. The van der Waals surface area contributed by atoms with Crippen molar-refractivity contribution in [2.24, 2.45) is 0 Å². The Bertz CT molecular complexity index is 1160. The van der Waals surface area contributed by atoms with Crippen molar-refractivity contribution in [2.75, 3.05) is 6.61 Å². The number of ether oxygens (including phenoxy) is 1. The van der Waals surface area contributed by atoms with E-state index in [4.69, 9.17) is 9.72 Å². The summed E-state index contributed by atoms with van der Waals surface area (Å²) in [6.45, 7) is 11.6. The van der Waals surface area contributed by atoms with E-state index >= 15 is 0 Å². The summed E-state index contributed by atoms with van der Waals surface area (Å²) in [5, 5.41) is 0. The Balaban J connectivity index is 1.66. The maximum absolute atomic E-state index is 6.09. The van der Waals surface area contributed by atoms with Crippen molar-refractivity contribution in [1.29, 1.82) is 0 Å². The van der Waals surface area contributed by atoms with E-state index < -0.39 is 8.07 Å². The zero-order chi connectivity index (χ0) is 21.8. The molecule has 1 aromatic heterocycles. The van der Waals surface area contributed by atoms with E-state index in [-0.39, 0.29) is 0 Å². The monoisotopic (exact) mass is 428 g/mol. The van der Waals surface area contributed by atoms with Crippen molar-refractivity contribution in [3.05, 3.63) is 89.7 Å². The van der Waals surface area contributed by atoms with Gasteiger partial charge in [0.25, 0.3) is 0 Å². The molecule has 0 aliphatic carbocycles. The van der Waals surface area contributed by atoms with Crippen LogP contribution in [0.4, 0.5) is 0 Å². The molecule has 0 amide bonds. The van der Waals surface area contributed by atoms with E-state index in [1.54, 1.807) is 0 Å². The van der Waals surface area contributed by atoms with Gasteiger partial charge in [-0.15, -0.1) is 0 Å². The molecule has 4 rings (SSSR count). The molecule has 1 heterocycles. The fourth-order valence-electron chi connectivity index (χ4n) is 3.92. The van der Waals surface area contributed by atoms with Crippen LogP contribution in [0, 0.1) is 6.92 Å². The molecule has 0 fully saturated rings. The molecule has 0 N–H and O–H groups in total. The standard InChI is InChI=1S/C27H32N2OSi/c1-21-28-27-25(15-10-16-26(27)29(21)19-22-11-6-5-7-12-22)24-14-9-8-13-23(24)20-30-17-18-31(2,3)4/h5-16H,17-20H2,1-4H3. The summed E-state index contributed by atoms with van der Waals surface area (Å²) in [6, 6.07) is 26.8. The fraction of sp³-hybridized carbons (Fsp3) is 0.296. The second-order valence-electron chi connectivity index (χ2n) is 9.42. The van der Waals surface area contributed by atoms with Crippen molar-refractivity contribution in [3.63, 3.8) is 0 Å². The summed E-state index contributed by atoms with van der Waals surface area (Å²) in [7, 11) is -1.08. The van der Waals surface area contributed by atoms with Crippen LogP contribution in [0.25, 0.3) is 22.2 Å². The maximum Gasteiger partial charge on any atom is 0.107 e. The third kappa shape index (κ3) is 5.14. The lowest BCUT2D eigenvalue weighted by Gasteiger charge is -2.16. The molecule has 0 unspecified atom stereocenters. The first kappa shape index (κ1) is 21.5. The van der Waals surface area contributed by atoms with Crippen LogP contribution in [0.2, 0.25) is 25.7 Å². The lowest BCUT2D eigenvalue weighted by atomic mass is 9.99. The number of para-hydroxylation sites is 1. The highest BCUT2D eigenvalue weighted by Crippen LogP contribution is 2.32. The minimum Gasteiger partial charge on any atom is -0.377 e. The van der Waals surface area contributed by atoms with Crippen LogP contribution in [-0.4, -0.2) is 24.2 Å². The van der Waals surface area contributed by atoms with Crippen LogP contribution in [0.1, 0.15) is 17.0 Å². The molecule has 0 saturated heterocycles. The third-order valence-corrected chi connectivity index (χ3v) is 7.42. The summed E-state index contributed by atoms with van der Waals surface area (Å²) in [4.78, 5) is 4.98. The van der Waals surface area contributed by atoms with Crippen LogP contribution in [0.3, 0.4) is 0 Å². The van der Waals surface area contributed by atoms with Gasteiger partial charge in [0.05, 0.1) is 17.6 Å². The highest BCUT2D eigenvalue weighted by Gasteiger charge is 2.16. The molecule has 0 spiro atoms. The number of benzene rings is 3. The van der Waals surface area contributed by atoms with Crippen molar-refractivity contribution >= 4 is 19.1 Å². The zero-order valence-corrected chi connectivity index (χ0v) is 20.1. The number of hydrogen-bond donors (Lipinski definition) is 0. The SMILES string of the molecule is Cc1nc2c(-c3ccccc3COCC[Si](C)(C)C)cccc2n1Cc1ccccc1. The molecule has 3 aromatic carbocycles. The summed E-state index contributed by atoms with van der Waals surface area (Å²) < 4.78 is 8.39. The number of rotatable bonds is 8. The first-order valence-corrected chi connectivity index (χ1v) is 14.8. The number of imidazole rings is 1. The van der Waals surface area contributed by atoms with E-state index in [0.29, 0.717) is 6.61 Å². The van der Waals surface area contributed by atoms with Crippen LogP contribution in [0.5, 0.6) is 0 Å². The van der Waals surface area contributed by atoms with Crippen LogP contribution in [-0.2, 0) is 17.9 Å². The lowest BCUT2D eigenvalue weighted by molar-refractivity contribution is 0.133. The molecule has 4 heteroatoms. The van der Waals surface area contributed by atoms with Gasteiger partial charge in [0.15, 0.2) is 0 Å². The van der Waals surface area contributed by atoms with Crippen molar-refractivity contribution in [1.82, 2.24) is 9.55 Å². The topological polar surface area (TPSA) is 27.1 Å². The first-order chi connectivity index (χ1) is 14.9. The first-order valence-electron chi connectivity index (χ1n) is 11.1. The van der Waals surface area contributed by atoms with Gasteiger partial charge in [0.1, 0.15) is 5.82 Å². The summed E-state index contributed by atoms with van der Waals surface area (Å²) >= 11 is 0. The van der Waals surface area contributed by atoms with E-state index in [1.165, 1.54) is 33.8 Å². The van der Waals surface area contributed by atoms with E-state index in [9.17, 15) is 0 Å². The second-order valence-corrected chi connectivity index (χ2v) is 15.0. The Morgan fingerprint density at radius 2 is 1.55 bits per heavy atom. The van der Waals surface area contributed by atoms with Gasteiger partial charge in [0.2, 0.25) is 0 Å². The minimum atomic E-state index is -1.08. The van der Waals surface area contributed by atoms with Crippen molar-refractivity contribution in [3.8, 4) is 11.1 Å². The van der Waals surface area contributed by atoms with Crippen molar-refractivity contribution < 1.29 is 4.74 Å². The fourth-order valence-corrected chi connectivity index (χ4v) is 4.67. The Morgan fingerprint density at radius 3 is 2.32 bits per heavy atom. The minimum absolute atomic E-state index is 0.640. The molecule has 0 aliphatic heterocycles. The normalized spacial score (nSPS) is 11.9. The van der Waals surface area contributed by atoms with Gasteiger partial charge in [-0.2, -0.15) is 0 Å². The average molecular weight is 429 g/mol. The molecule has 0 atom stereocenters. The molecular weight excluding hydrogens is 396 g/mol. The predicted molar refractivity (Wildman–Crippen MR) is 133 cm³/mol. The van der Waals surface area contributed by atoms with Crippen molar-refractivity contribution in [2.45, 2.75) is 45.8 Å². The highest BCUT2D eigenvalue weighted by molar-refractivity contribution is 6.76. The third-order valence-electron chi connectivity index (χ3n) is 5.71. The summed E-state index contributed by atoms with van der Waals surface area (Å²) in [6.07, 6.45) is 0. The summed E-state index contributed by atoms with van der Waals surface area (Å²) in [5.74, 6) is 1.04. The number of aryl methyl sites for hydroxylation is 1. The van der Waals surface area contributed by atoms with Gasteiger partial charge in [-0.25, -0.2) is 4.98 Å². The molecular formula is C27H32N2OSi. The zero-order valence-electron chi connectivity index (χ0n) is 19.1. The Morgan fingerprint density at radius 1 is 0.839 bits per heavy atom. The lowest BCUT2D eigenvalue weighted by Crippen LogP contribution is -2.21. The number of aromatic nitrogens is 2. The molecule has 0 saturated carbocycles. The Hall–Kier alpha value is -2.69. The predicted octanol–water partition coefficient (Wildman–Crippen LogP) is 6.91. The van der Waals surface area contributed by atoms with Gasteiger partial charge in [0, 0.05) is 26.8 Å². The molecule has 0 aliphatic rings. The van der Waals surface area contributed by atoms with Gasteiger partial charge < -0.3 is 9.30 Å². The van der Waals surface area contributed by atoms with Gasteiger partial charge >= 0.3 is 0 Å². The molecule has 4 aromatic rings. The van der Waals surface area contributed by atoms with Crippen LogP contribution in [0.15, 0.2) is 72.8 Å². The number of nitrogens with zero attached hydrogens (tertiary/aromatic N) is 2. The Labute approximate surface area is 186 Å². The highest BCUT2D eigenvalue weighted by atomic mass is 28.3. The largest absolute Gasteiger partial charge is 0.377 e.